The minimum Gasteiger partial charge on any atom is -0.491 e. The van der Waals surface area contributed by atoms with Crippen molar-refractivity contribution in [2.24, 2.45) is 0 Å². The molecule has 23 heavy (non-hydrogen) atoms. The van der Waals surface area contributed by atoms with E-state index in [1.165, 1.54) is 25.3 Å². The van der Waals surface area contributed by atoms with E-state index in [2.05, 4.69) is 0 Å². The van der Waals surface area contributed by atoms with E-state index < -0.39 is 11.8 Å². The van der Waals surface area contributed by atoms with Crippen LogP contribution in [0.1, 0.15) is 29.8 Å². The maximum atomic E-state index is 13.7. The van der Waals surface area contributed by atoms with Crippen molar-refractivity contribution in [3.63, 3.8) is 0 Å². The van der Waals surface area contributed by atoms with Gasteiger partial charge in [0.1, 0.15) is 11.5 Å². The van der Waals surface area contributed by atoms with Crippen LogP contribution in [0, 0.1) is 12.7 Å². The molecule has 2 rings (SSSR count). The summed E-state index contributed by atoms with van der Waals surface area (Å²) in [6.45, 7) is 5.51. The summed E-state index contributed by atoms with van der Waals surface area (Å²) in [4.78, 5) is 11.9. The molecule has 0 saturated heterocycles. The molecule has 0 atom stereocenters. The smallest absolute Gasteiger partial charge is 0.338 e. The number of hydrogen-bond donors (Lipinski definition) is 0. The highest BCUT2D eigenvalue weighted by Gasteiger charge is 2.17. The first-order valence-corrected chi connectivity index (χ1v) is 7.24. The van der Waals surface area contributed by atoms with Crippen LogP contribution in [0.3, 0.4) is 0 Å². The van der Waals surface area contributed by atoms with E-state index in [1.54, 1.807) is 25.1 Å². The predicted molar refractivity (Wildman–Crippen MR) is 84.8 cm³/mol. The first kappa shape index (κ1) is 16.8. The zero-order valence-corrected chi connectivity index (χ0v) is 13.6. The summed E-state index contributed by atoms with van der Waals surface area (Å²) < 4.78 is 29.8. The summed E-state index contributed by atoms with van der Waals surface area (Å²) in [5.41, 5.74) is 0.962. The Balaban J connectivity index is 2.46. The number of halogens is 1. The van der Waals surface area contributed by atoms with E-state index in [1.807, 2.05) is 13.8 Å². The summed E-state index contributed by atoms with van der Waals surface area (Å²) in [6.07, 6.45) is -0.0806. The normalized spacial score (nSPS) is 10.5. The van der Waals surface area contributed by atoms with E-state index in [-0.39, 0.29) is 11.9 Å². The Kier molecular flexibility index (Phi) is 5.21. The monoisotopic (exact) mass is 318 g/mol. The number of para-hydroxylation sites is 1. The Morgan fingerprint density at radius 2 is 1.83 bits per heavy atom. The van der Waals surface area contributed by atoms with Gasteiger partial charge in [0, 0.05) is 11.6 Å². The Labute approximate surface area is 134 Å². The minimum atomic E-state index is -0.505. The molecular weight excluding hydrogens is 299 g/mol. The fourth-order valence-electron chi connectivity index (χ4n) is 2.07. The largest absolute Gasteiger partial charge is 0.491 e. The third-order valence-electron chi connectivity index (χ3n) is 3.17. The minimum absolute atomic E-state index is 0.0719. The lowest BCUT2D eigenvalue weighted by Crippen LogP contribution is -2.10. The van der Waals surface area contributed by atoms with Gasteiger partial charge in [0.05, 0.1) is 18.8 Å². The number of hydrogen-bond acceptors (Lipinski definition) is 4. The zero-order valence-electron chi connectivity index (χ0n) is 13.6. The van der Waals surface area contributed by atoms with Gasteiger partial charge in [-0.05, 0) is 39.0 Å². The van der Waals surface area contributed by atoms with Crippen molar-refractivity contribution in [1.82, 2.24) is 0 Å². The van der Waals surface area contributed by atoms with Crippen LogP contribution in [0.5, 0.6) is 17.2 Å². The second-order valence-electron chi connectivity index (χ2n) is 5.28. The molecule has 2 aromatic carbocycles. The molecule has 0 heterocycles. The van der Waals surface area contributed by atoms with Gasteiger partial charge in [-0.3, -0.25) is 0 Å². The van der Waals surface area contributed by atoms with E-state index in [9.17, 15) is 9.18 Å². The summed E-state index contributed by atoms with van der Waals surface area (Å²) in [5.74, 6) is -0.122. The molecule has 0 saturated carbocycles. The topological polar surface area (TPSA) is 44.8 Å². The van der Waals surface area contributed by atoms with Crippen molar-refractivity contribution >= 4 is 5.97 Å². The van der Waals surface area contributed by atoms with Crippen LogP contribution in [-0.4, -0.2) is 19.2 Å². The lowest BCUT2D eigenvalue weighted by molar-refractivity contribution is 0.0598. The lowest BCUT2D eigenvalue weighted by Gasteiger charge is -2.17. The molecule has 0 amide bonds. The number of carbonyl (C=O) groups excluding carboxylic acids is 1. The van der Waals surface area contributed by atoms with E-state index in [0.717, 1.165) is 0 Å². The van der Waals surface area contributed by atoms with E-state index in [0.29, 0.717) is 22.6 Å². The highest BCUT2D eigenvalue weighted by molar-refractivity contribution is 5.92. The maximum absolute atomic E-state index is 13.7. The van der Waals surface area contributed by atoms with Gasteiger partial charge < -0.3 is 14.2 Å². The molecule has 0 bridgehead atoms. The second kappa shape index (κ2) is 7.13. The molecule has 2 aromatic rings. The average molecular weight is 318 g/mol. The fraction of sp³-hybridized carbons (Fsp3) is 0.278. The molecule has 0 aliphatic carbocycles. The first-order chi connectivity index (χ1) is 10.9. The SMILES string of the molecule is COC(=O)c1cc(Oc2ccccc2F)cc(OC(C)C)c1C. The standard InChI is InChI=1S/C18H19FO4/c1-11(2)22-17-10-13(9-14(12(17)3)18(20)21-4)23-16-8-6-5-7-15(16)19/h5-11H,1-4H3. The quantitative estimate of drug-likeness (QED) is 0.761. The molecule has 4 nitrogen and oxygen atoms in total. The van der Waals surface area contributed by atoms with Crippen molar-refractivity contribution in [3.8, 4) is 17.2 Å². The summed E-state index contributed by atoms with van der Waals surface area (Å²) in [7, 11) is 1.30. The van der Waals surface area contributed by atoms with Gasteiger partial charge in [0.2, 0.25) is 0 Å². The van der Waals surface area contributed by atoms with E-state index >= 15 is 0 Å². The number of esters is 1. The molecule has 0 unspecified atom stereocenters. The van der Waals surface area contributed by atoms with Gasteiger partial charge in [-0.2, -0.15) is 0 Å². The maximum Gasteiger partial charge on any atom is 0.338 e. The van der Waals surface area contributed by atoms with Crippen molar-refractivity contribution < 1.29 is 23.4 Å². The molecule has 0 aromatic heterocycles. The molecular formula is C18H19FO4. The summed E-state index contributed by atoms with van der Waals surface area (Å²) >= 11 is 0. The Bertz CT molecular complexity index is 710. The predicted octanol–water partition coefficient (Wildman–Crippen LogP) is 4.50. The lowest BCUT2D eigenvalue weighted by atomic mass is 10.1. The van der Waals surface area contributed by atoms with Gasteiger partial charge in [-0.25, -0.2) is 9.18 Å². The fourth-order valence-corrected chi connectivity index (χ4v) is 2.07. The third kappa shape index (κ3) is 4.00. The number of methoxy groups -OCH3 is 1. The van der Waals surface area contributed by atoms with Crippen LogP contribution in [0.25, 0.3) is 0 Å². The molecule has 0 fully saturated rings. The number of benzene rings is 2. The average Bonchev–Trinajstić information content (AvgIpc) is 2.51. The van der Waals surface area contributed by atoms with Crippen LogP contribution in [0.2, 0.25) is 0 Å². The van der Waals surface area contributed by atoms with Crippen LogP contribution < -0.4 is 9.47 Å². The number of carbonyl (C=O) groups is 1. The molecule has 5 heteroatoms. The summed E-state index contributed by atoms with van der Waals surface area (Å²) in [5, 5.41) is 0. The van der Waals surface area contributed by atoms with Crippen molar-refractivity contribution in [2.75, 3.05) is 7.11 Å². The van der Waals surface area contributed by atoms with Crippen LogP contribution in [-0.2, 0) is 4.74 Å². The number of rotatable bonds is 5. The Hall–Kier alpha value is -2.56. The van der Waals surface area contributed by atoms with Gasteiger partial charge in [0.25, 0.3) is 0 Å². The molecule has 0 aliphatic heterocycles. The first-order valence-electron chi connectivity index (χ1n) is 7.24. The van der Waals surface area contributed by atoms with Gasteiger partial charge in [-0.1, -0.05) is 12.1 Å². The third-order valence-corrected chi connectivity index (χ3v) is 3.17. The Morgan fingerprint density at radius 1 is 1.13 bits per heavy atom. The molecule has 0 radical (unpaired) electrons. The molecule has 0 aliphatic rings. The van der Waals surface area contributed by atoms with Crippen LogP contribution in [0.15, 0.2) is 36.4 Å². The van der Waals surface area contributed by atoms with Gasteiger partial charge in [0.15, 0.2) is 11.6 Å². The van der Waals surface area contributed by atoms with Gasteiger partial charge in [-0.15, -0.1) is 0 Å². The molecule has 0 N–H and O–H groups in total. The van der Waals surface area contributed by atoms with Crippen molar-refractivity contribution in [1.29, 1.82) is 0 Å². The van der Waals surface area contributed by atoms with Crippen molar-refractivity contribution in [3.05, 3.63) is 53.3 Å². The van der Waals surface area contributed by atoms with Crippen molar-refractivity contribution in [2.45, 2.75) is 26.9 Å². The van der Waals surface area contributed by atoms with E-state index in [4.69, 9.17) is 14.2 Å². The Morgan fingerprint density at radius 3 is 2.43 bits per heavy atom. The second-order valence-corrected chi connectivity index (χ2v) is 5.28. The zero-order chi connectivity index (χ0) is 17.0. The van der Waals surface area contributed by atoms with Crippen LogP contribution >= 0.6 is 0 Å². The van der Waals surface area contributed by atoms with Gasteiger partial charge >= 0.3 is 5.97 Å². The van der Waals surface area contributed by atoms with Crippen LogP contribution in [0.4, 0.5) is 4.39 Å². The summed E-state index contributed by atoms with van der Waals surface area (Å²) in [6, 6.07) is 9.20. The highest BCUT2D eigenvalue weighted by atomic mass is 19.1. The molecule has 122 valence electrons. The number of ether oxygens (including phenoxy) is 3. The highest BCUT2D eigenvalue weighted by Crippen LogP contribution is 2.33. The molecule has 0 spiro atoms.